The van der Waals surface area contributed by atoms with Crippen molar-refractivity contribution in [3.05, 3.63) is 35.4 Å². The van der Waals surface area contributed by atoms with E-state index in [0.717, 1.165) is 6.42 Å². The van der Waals surface area contributed by atoms with Gasteiger partial charge in [-0.25, -0.2) is 0 Å². The van der Waals surface area contributed by atoms with Crippen molar-refractivity contribution in [2.75, 3.05) is 0 Å². The molecule has 0 saturated carbocycles. The van der Waals surface area contributed by atoms with E-state index in [4.69, 9.17) is 0 Å². The fourth-order valence-electron chi connectivity index (χ4n) is 2.69. The van der Waals surface area contributed by atoms with Gasteiger partial charge in [-0.15, -0.1) is 0 Å². The topological polar surface area (TPSA) is 12.0 Å². The maximum Gasteiger partial charge on any atom is 0.416 e. The summed E-state index contributed by atoms with van der Waals surface area (Å²) in [6, 6.07) is 6.27. The van der Waals surface area contributed by atoms with E-state index < -0.39 is 11.7 Å². The second kappa shape index (κ2) is 4.33. The van der Waals surface area contributed by atoms with Gasteiger partial charge in [-0.3, -0.25) is 0 Å². The number of hydrogen-bond donors (Lipinski definition) is 1. The Hall–Kier alpha value is -1.03. The van der Waals surface area contributed by atoms with E-state index >= 15 is 0 Å². The van der Waals surface area contributed by atoms with Crippen LogP contribution in [0.1, 0.15) is 37.3 Å². The molecule has 1 fully saturated rings. The molecule has 4 heteroatoms. The zero-order valence-corrected chi connectivity index (χ0v) is 9.88. The van der Waals surface area contributed by atoms with Gasteiger partial charge in [0.05, 0.1) is 5.56 Å². The van der Waals surface area contributed by atoms with Crippen LogP contribution < -0.4 is 5.32 Å². The van der Waals surface area contributed by atoms with Crippen molar-refractivity contribution in [3.63, 3.8) is 0 Å². The maximum atomic E-state index is 12.9. The van der Waals surface area contributed by atoms with Crippen molar-refractivity contribution in [2.45, 2.75) is 44.4 Å². The predicted molar refractivity (Wildman–Crippen MR) is 60.9 cm³/mol. The van der Waals surface area contributed by atoms with Crippen LogP contribution in [0.5, 0.6) is 0 Å². The first-order chi connectivity index (χ1) is 7.89. The third-order valence-corrected chi connectivity index (χ3v) is 3.42. The van der Waals surface area contributed by atoms with Crippen LogP contribution in [0.4, 0.5) is 13.2 Å². The third-order valence-electron chi connectivity index (χ3n) is 3.42. The minimum Gasteiger partial charge on any atom is -0.311 e. The van der Waals surface area contributed by atoms with E-state index in [9.17, 15) is 13.2 Å². The smallest absolute Gasteiger partial charge is 0.311 e. The average Bonchev–Trinajstić information content (AvgIpc) is 2.56. The van der Waals surface area contributed by atoms with Crippen molar-refractivity contribution < 1.29 is 13.2 Å². The molecular weight excluding hydrogens is 227 g/mol. The molecule has 1 aromatic carbocycles. The molecule has 0 aliphatic carbocycles. The first-order valence-electron chi connectivity index (χ1n) is 5.81. The molecule has 0 amide bonds. The Morgan fingerprint density at radius 3 is 2.35 bits per heavy atom. The molecule has 1 aliphatic heterocycles. The summed E-state index contributed by atoms with van der Waals surface area (Å²) in [6.45, 7) is 3.95. The molecule has 1 saturated heterocycles. The highest BCUT2D eigenvalue weighted by atomic mass is 19.4. The van der Waals surface area contributed by atoms with E-state index in [1.165, 1.54) is 12.1 Å². The molecule has 1 aromatic rings. The lowest BCUT2D eigenvalue weighted by Crippen LogP contribution is -2.26. The molecule has 1 aliphatic rings. The van der Waals surface area contributed by atoms with Crippen molar-refractivity contribution in [2.24, 2.45) is 0 Å². The monoisotopic (exact) mass is 243 g/mol. The maximum absolute atomic E-state index is 12.9. The number of hydrogen-bond acceptors (Lipinski definition) is 1. The summed E-state index contributed by atoms with van der Waals surface area (Å²) in [7, 11) is 0. The molecule has 3 unspecified atom stereocenters. The fourth-order valence-corrected chi connectivity index (χ4v) is 2.69. The Balaban J connectivity index is 2.39. The van der Waals surface area contributed by atoms with Gasteiger partial charge in [0.15, 0.2) is 0 Å². The molecule has 3 atom stereocenters. The van der Waals surface area contributed by atoms with Gasteiger partial charge in [0, 0.05) is 18.0 Å². The Bertz CT molecular complexity index is 400. The highest BCUT2D eigenvalue weighted by Gasteiger charge is 2.38. The molecule has 2 rings (SSSR count). The first-order valence-corrected chi connectivity index (χ1v) is 5.81. The summed E-state index contributed by atoms with van der Waals surface area (Å²) in [5, 5.41) is 3.28. The van der Waals surface area contributed by atoms with Crippen LogP contribution in [-0.2, 0) is 6.18 Å². The summed E-state index contributed by atoms with van der Waals surface area (Å²) in [5.41, 5.74) is -0.0721. The molecule has 94 valence electrons. The SMILES string of the molecule is CC1CC(c2ccccc2C(F)(F)F)C(C)N1. The summed E-state index contributed by atoms with van der Waals surface area (Å²) < 4.78 is 38.7. The molecule has 1 N–H and O–H groups in total. The lowest BCUT2D eigenvalue weighted by Gasteiger charge is -2.20. The second-order valence-corrected chi connectivity index (χ2v) is 4.78. The quantitative estimate of drug-likeness (QED) is 0.795. The van der Waals surface area contributed by atoms with Crippen LogP contribution in [0.2, 0.25) is 0 Å². The lowest BCUT2D eigenvalue weighted by molar-refractivity contribution is -0.138. The van der Waals surface area contributed by atoms with Crippen LogP contribution in [-0.4, -0.2) is 12.1 Å². The average molecular weight is 243 g/mol. The van der Waals surface area contributed by atoms with Gasteiger partial charge in [-0.05, 0) is 31.9 Å². The van der Waals surface area contributed by atoms with E-state index in [2.05, 4.69) is 5.32 Å². The number of rotatable bonds is 1. The van der Waals surface area contributed by atoms with Gasteiger partial charge in [-0.1, -0.05) is 18.2 Å². The summed E-state index contributed by atoms with van der Waals surface area (Å²) in [4.78, 5) is 0. The highest BCUT2D eigenvalue weighted by molar-refractivity contribution is 5.34. The van der Waals surface area contributed by atoms with Gasteiger partial charge >= 0.3 is 6.18 Å². The van der Waals surface area contributed by atoms with Crippen LogP contribution in [0.15, 0.2) is 24.3 Å². The third kappa shape index (κ3) is 2.46. The van der Waals surface area contributed by atoms with E-state index in [1.807, 2.05) is 13.8 Å². The molecule has 0 aromatic heterocycles. The fraction of sp³-hybridized carbons (Fsp3) is 0.538. The Labute approximate surface area is 99.0 Å². The number of benzene rings is 1. The Morgan fingerprint density at radius 1 is 1.18 bits per heavy atom. The molecule has 0 spiro atoms. The van der Waals surface area contributed by atoms with Crippen molar-refractivity contribution in [1.82, 2.24) is 5.32 Å². The minimum absolute atomic E-state index is 0.0529. The largest absolute Gasteiger partial charge is 0.416 e. The van der Waals surface area contributed by atoms with Crippen molar-refractivity contribution >= 4 is 0 Å². The van der Waals surface area contributed by atoms with Crippen LogP contribution in [0.3, 0.4) is 0 Å². The van der Waals surface area contributed by atoms with Gasteiger partial charge in [0.2, 0.25) is 0 Å². The zero-order valence-electron chi connectivity index (χ0n) is 9.88. The molecule has 0 radical (unpaired) electrons. The summed E-state index contributed by atoms with van der Waals surface area (Å²) in [5.74, 6) is -0.0529. The minimum atomic E-state index is -4.26. The van der Waals surface area contributed by atoms with Crippen molar-refractivity contribution in [1.29, 1.82) is 0 Å². The number of halogens is 3. The molecule has 17 heavy (non-hydrogen) atoms. The van der Waals surface area contributed by atoms with Crippen molar-refractivity contribution in [3.8, 4) is 0 Å². The van der Waals surface area contributed by atoms with Gasteiger partial charge in [-0.2, -0.15) is 13.2 Å². The molecular formula is C13H16F3N. The number of nitrogens with one attached hydrogen (secondary N) is 1. The lowest BCUT2D eigenvalue weighted by atomic mass is 9.88. The standard InChI is InChI=1S/C13H16F3N/c1-8-7-11(9(2)17-8)10-5-3-4-6-12(10)13(14,15)16/h3-6,8-9,11,17H,7H2,1-2H3. The molecule has 1 nitrogen and oxygen atoms in total. The molecule has 0 bridgehead atoms. The van der Waals surface area contributed by atoms with Crippen LogP contribution >= 0.6 is 0 Å². The van der Waals surface area contributed by atoms with E-state index in [0.29, 0.717) is 5.56 Å². The summed E-state index contributed by atoms with van der Waals surface area (Å²) >= 11 is 0. The normalized spacial score (nSPS) is 29.6. The Kier molecular flexibility index (Phi) is 3.17. The van der Waals surface area contributed by atoms with Crippen LogP contribution in [0.25, 0.3) is 0 Å². The first kappa shape index (κ1) is 12.4. The zero-order chi connectivity index (χ0) is 12.6. The van der Waals surface area contributed by atoms with E-state index in [-0.39, 0.29) is 18.0 Å². The van der Waals surface area contributed by atoms with Crippen LogP contribution in [0, 0.1) is 0 Å². The van der Waals surface area contributed by atoms with Gasteiger partial charge < -0.3 is 5.32 Å². The predicted octanol–water partition coefficient (Wildman–Crippen LogP) is 3.56. The molecule has 1 heterocycles. The van der Waals surface area contributed by atoms with E-state index in [1.54, 1.807) is 12.1 Å². The second-order valence-electron chi connectivity index (χ2n) is 4.78. The highest BCUT2D eigenvalue weighted by Crippen LogP contribution is 2.39. The van der Waals surface area contributed by atoms with Gasteiger partial charge in [0.25, 0.3) is 0 Å². The van der Waals surface area contributed by atoms with Gasteiger partial charge in [0.1, 0.15) is 0 Å². The number of alkyl halides is 3. The Morgan fingerprint density at radius 2 is 1.82 bits per heavy atom. The summed E-state index contributed by atoms with van der Waals surface area (Å²) in [6.07, 6.45) is -3.50.